The average Bonchev–Trinajstić information content (AvgIpc) is 2.96. The van der Waals surface area contributed by atoms with E-state index in [4.69, 9.17) is 0 Å². The molecule has 5 nitrogen and oxygen atoms in total. The number of sulfonamides is 1. The molecule has 0 amide bonds. The number of aliphatic hydroxyl groups is 1. The molecule has 1 unspecified atom stereocenters. The molecule has 0 radical (unpaired) electrons. The van der Waals surface area contributed by atoms with Gasteiger partial charge in [-0.15, -0.1) is 0 Å². The van der Waals surface area contributed by atoms with Crippen molar-refractivity contribution >= 4 is 15.7 Å². The van der Waals surface area contributed by atoms with Crippen molar-refractivity contribution in [2.24, 2.45) is 0 Å². The van der Waals surface area contributed by atoms with Gasteiger partial charge in [-0.05, 0) is 41.8 Å². The van der Waals surface area contributed by atoms with Crippen molar-refractivity contribution in [3.8, 4) is 0 Å². The molecular weight excluding hydrogens is 362 g/mol. The molecule has 0 saturated carbocycles. The molecular formula is C18H20F2N2O3S. The van der Waals surface area contributed by atoms with Crippen LogP contribution in [-0.2, 0) is 22.2 Å². The van der Waals surface area contributed by atoms with Crippen LogP contribution in [0.2, 0.25) is 0 Å². The molecule has 2 aromatic rings. The molecule has 1 aliphatic rings. The van der Waals surface area contributed by atoms with Crippen molar-refractivity contribution < 1.29 is 22.3 Å². The van der Waals surface area contributed by atoms with Crippen molar-refractivity contribution in [1.29, 1.82) is 0 Å². The van der Waals surface area contributed by atoms with E-state index in [0.29, 0.717) is 5.56 Å². The van der Waals surface area contributed by atoms with Crippen LogP contribution < -0.4 is 9.62 Å². The number of fused-ring (bicyclic) bond motifs is 1. The minimum atomic E-state index is -3.92. The van der Waals surface area contributed by atoms with E-state index >= 15 is 0 Å². The molecule has 0 saturated heterocycles. The van der Waals surface area contributed by atoms with Crippen LogP contribution in [0.25, 0.3) is 0 Å². The van der Waals surface area contributed by atoms with E-state index in [9.17, 15) is 22.3 Å². The number of nitrogens with zero attached hydrogens (tertiary/aromatic N) is 1. The summed E-state index contributed by atoms with van der Waals surface area (Å²) >= 11 is 0. The van der Waals surface area contributed by atoms with Gasteiger partial charge in [-0.3, -0.25) is 0 Å². The van der Waals surface area contributed by atoms with Gasteiger partial charge in [0.1, 0.15) is 11.6 Å². The lowest BCUT2D eigenvalue weighted by molar-refractivity contribution is 0.182. The topological polar surface area (TPSA) is 69.6 Å². The van der Waals surface area contributed by atoms with E-state index in [1.165, 1.54) is 0 Å². The molecule has 1 atom stereocenters. The molecule has 1 aliphatic heterocycles. The Bertz CT molecular complexity index is 919. The SMILES string of the molecule is CN1CCc2cc(C(O)CNS(=O)(=O)Cc3cc(F)ccc3F)ccc21. The standard InChI is InChI=1S/C18H20F2N2O3S/c1-22-7-6-12-8-13(2-5-17(12)22)18(23)10-21-26(24,25)11-14-9-15(19)3-4-16(14)20/h2-5,8-9,18,21,23H,6-7,10-11H2,1H3. The first-order valence-electron chi connectivity index (χ1n) is 8.18. The maximum atomic E-state index is 13.6. The fourth-order valence-electron chi connectivity index (χ4n) is 3.03. The van der Waals surface area contributed by atoms with Gasteiger partial charge in [0, 0.05) is 31.4 Å². The zero-order chi connectivity index (χ0) is 18.9. The number of benzene rings is 2. The minimum Gasteiger partial charge on any atom is -0.387 e. The smallest absolute Gasteiger partial charge is 0.215 e. The third-order valence-electron chi connectivity index (χ3n) is 4.47. The molecule has 8 heteroatoms. The number of anilines is 1. The lowest BCUT2D eigenvalue weighted by Crippen LogP contribution is -2.30. The van der Waals surface area contributed by atoms with Crippen LogP contribution in [0.5, 0.6) is 0 Å². The summed E-state index contributed by atoms with van der Waals surface area (Å²) in [7, 11) is -1.93. The summed E-state index contributed by atoms with van der Waals surface area (Å²) < 4.78 is 53.3. The van der Waals surface area contributed by atoms with Gasteiger partial charge >= 0.3 is 0 Å². The monoisotopic (exact) mass is 382 g/mol. The van der Waals surface area contributed by atoms with Crippen LogP contribution in [0, 0.1) is 11.6 Å². The van der Waals surface area contributed by atoms with Gasteiger partial charge in [-0.25, -0.2) is 21.9 Å². The van der Waals surface area contributed by atoms with Crippen molar-refractivity contribution in [2.75, 3.05) is 25.0 Å². The number of nitrogens with one attached hydrogen (secondary N) is 1. The van der Waals surface area contributed by atoms with Gasteiger partial charge in [0.2, 0.25) is 10.0 Å². The number of aliphatic hydroxyl groups excluding tert-OH is 1. The normalized spacial score (nSPS) is 15.2. The largest absolute Gasteiger partial charge is 0.387 e. The highest BCUT2D eigenvalue weighted by molar-refractivity contribution is 7.88. The van der Waals surface area contributed by atoms with Crippen LogP contribution in [0.1, 0.15) is 22.8 Å². The summed E-state index contributed by atoms with van der Waals surface area (Å²) in [5.74, 6) is -2.20. The van der Waals surface area contributed by atoms with Crippen molar-refractivity contribution in [3.63, 3.8) is 0 Å². The zero-order valence-corrected chi connectivity index (χ0v) is 15.1. The van der Waals surface area contributed by atoms with Gasteiger partial charge in [-0.1, -0.05) is 12.1 Å². The molecule has 0 fully saturated rings. The Morgan fingerprint density at radius 1 is 1.23 bits per heavy atom. The van der Waals surface area contributed by atoms with Gasteiger partial charge in [0.15, 0.2) is 0 Å². The third kappa shape index (κ3) is 4.20. The second-order valence-electron chi connectivity index (χ2n) is 6.42. The summed E-state index contributed by atoms with van der Waals surface area (Å²) in [6.45, 7) is 0.661. The molecule has 0 bridgehead atoms. The van der Waals surface area contributed by atoms with Gasteiger partial charge < -0.3 is 10.0 Å². The van der Waals surface area contributed by atoms with Crippen LogP contribution >= 0.6 is 0 Å². The lowest BCUT2D eigenvalue weighted by atomic mass is 10.0. The lowest BCUT2D eigenvalue weighted by Gasteiger charge is -2.16. The quantitative estimate of drug-likeness (QED) is 0.803. The van der Waals surface area contributed by atoms with E-state index in [1.54, 1.807) is 6.07 Å². The molecule has 140 valence electrons. The summed E-state index contributed by atoms with van der Waals surface area (Å²) in [5.41, 5.74) is 2.56. The Kier molecular flexibility index (Phi) is 5.27. The fourth-order valence-corrected chi connectivity index (χ4v) is 4.17. The molecule has 0 spiro atoms. The molecule has 3 rings (SSSR count). The average molecular weight is 382 g/mol. The number of rotatable bonds is 6. The predicted molar refractivity (Wildman–Crippen MR) is 95.4 cm³/mol. The Morgan fingerprint density at radius 2 is 2.00 bits per heavy atom. The van der Waals surface area contributed by atoms with Crippen molar-refractivity contribution in [2.45, 2.75) is 18.3 Å². The van der Waals surface area contributed by atoms with Gasteiger partial charge in [0.05, 0.1) is 11.9 Å². The summed E-state index contributed by atoms with van der Waals surface area (Å²) in [6.07, 6.45) is -0.157. The maximum Gasteiger partial charge on any atom is 0.215 e. The highest BCUT2D eigenvalue weighted by atomic mass is 32.2. The van der Waals surface area contributed by atoms with E-state index in [-0.39, 0.29) is 12.1 Å². The fraction of sp³-hybridized carbons (Fsp3) is 0.333. The zero-order valence-electron chi connectivity index (χ0n) is 14.2. The Balaban J connectivity index is 1.65. The van der Waals surface area contributed by atoms with Crippen molar-refractivity contribution in [1.82, 2.24) is 4.72 Å². The Hall–Kier alpha value is -2.03. The summed E-state index contributed by atoms with van der Waals surface area (Å²) in [5, 5.41) is 10.3. The first-order chi connectivity index (χ1) is 12.2. The van der Waals surface area contributed by atoms with E-state index in [0.717, 1.165) is 42.4 Å². The first kappa shape index (κ1) is 18.8. The van der Waals surface area contributed by atoms with E-state index < -0.39 is 33.5 Å². The molecule has 2 aromatic carbocycles. The number of hydrogen-bond acceptors (Lipinski definition) is 4. The highest BCUT2D eigenvalue weighted by Gasteiger charge is 2.20. The minimum absolute atomic E-state index is 0.242. The van der Waals surface area contributed by atoms with Crippen LogP contribution in [0.3, 0.4) is 0 Å². The Labute approximate surface area is 151 Å². The van der Waals surface area contributed by atoms with Crippen LogP contribution in [0.4, 0.5) is 14.5 Å². The maximum absolute atomic E-state index is 13.6. The third-order valence-corrected chi connectivity index (χ3v) is 5.76. The second-order valence-corrected chi connectivity index (χ2v) is 8.23. The number of likely N-dealkylation sites (N-methyl/N-ethyl adjacent to an activating group) is 1. The number of halogens is 2. The van der Waals surface area contributed by atoms with E-state index in [2.05, 4.69) is 9.62 Å². The van der Waals surface area contributed by atoms with Crippen molar-refractivity contribution in [3.05, 3.63) is 64.7 Å². The predicted octanol–water partition coefficient (Wildman–Crippen LogP) is 2.11. The highest BCUT2D eigenvalue weighted by Crippen LogP contribution is 2.29. The number of hydrogen-bond donors (Lipinski definition) is 2. The molecule has 0 aromatic heterocycles. The molecule has 2 N–H and O–H groups in total. The molecule has 0 aliphatic carbocycles. The van der Waals surface area contributed by atoms with Gasteiger partial charge in [-0.2, -0.15) is 0 Å². The first-order valence-corrected chi connectivity index (χ1v) is 9.84. The van der Waals surface area contributed by atoms with Crippen LogP contribution in [-0.4, -0.2) is 33.7 Å². The summed E-state index contributed by atoms with van der Waals surface area (Å²) in [6, 6.07) is 8.18. The van der Waals surface area contributed by atoms with E-state index in [1.807, 2.05) is 19.2 Å². The molecule has 1 heterocycles. The second kappa shape index (κ2) is 7.30. The Morgan fingerprint density at radius 3 is 2.77 bits per heavy atom. The van der Waals surface area contributed by atoms with Gasteiger partial charge in [0.25, 0.3) is 0 Å². The molecule has 26 heavy (non-hydrogen) atoms. The summed E-state index contributed by atoms with van der Waals surface area (Å²) in [4.78, 5) is 2.11. The van der Waals surface area contributed by atoms with Crippen LogP contribution in [0.15, 0.2) is 36.4 Å².